The lowest BCUT2D eigenvalue weighted by atomic mass is 9.97. The van der Waals surface area contributed by atoms with E-state index < -0.39 is 11.6 Å². The molecule has 0 bridgehead atoms. The molecule has 3 N–H and O–H groups in total. The van der Waals surface area contributed by atoms with Crippen molar-refractivity contribution in [2.45, 2.75) is 45.4 Å². The molecule has 0 aromatic heterocycles. The van der Waals surface area contributed by atoms with Gasteiger partial charge in [-0.15, -0.1) is 0 Å². The van der Waals surface area contributed by atoms with Gasteiger partial charge in [0.2, 0.25) is 0 Å². The fourth-order valence-electron chi connectivity index (χ4n) is 1.04. The van der Waals surface area contributed by atoms with Crippen molar-refractivity contribution in [2.24, 2.45) is 0 Å². The van der Waals surface area contributed by atoms with Crippen LogP contribution in [0.3, 0.4) is 0 Å². The van der Waals surface area contributed by atoms with Crippen LogP contribution in [-0.2, 0) is 4.79 Å². The van der Waals surface area contributed by atoms with E-state index in [-0.39, 0.29) is 18.4 Å². The predicted octanol–water partition coefficient (Wildman–Crippen LogP) is -0.315. The highest BCUT2D eigenvalue weighted by atomic mass is 16.3. The SMILES string of the molecule is CC(C)NC(CO)C(=O)C(C)(C)O. The van der Waals surface area contributed by atoms with Crippen molar-refractivity contribution in [2.75, 3.05) is 6.61 Å². The van der Waals surface area contributed by atoms with Crippen molar-refractivity contribution in [3.63, 3.8) is 0 Å². The second-order valence-electron chi connectivity index (χ2n) is 3.98. The summed E-state index contributed by atoms with van der Waals surface area (Å²) in [5.41, 5.74) is -1.39. The predicted molar refractivity (Wildman–Crippen MR) is 50.5 cm³/mol. The number of rotatable bonds is 5. The van der Waals surface area contributed by atoms with Crippen LogP contribution in [0.4, 0.5) is 0 Å². The molecule has 1 unspecified atom stereocenters. The monoisotopic (exact) mass is 189 g/mol. The summed E-state index contributed by atoms with van der Waals surface area (Å²) in [4.78, 5) is 11.5. The Balaban J connectivity index is 4.33. The smallest absolute Gasteiger partial charge is 0.182 e. The summed E-state index contributed by atoms with van der Waals surface area (Å²) in [5, 5.41) is 21.2. The van der Waals surface area contributed by atoms with Crippen molar-refractivity contribution in [1.29, 1.82) is 0 Å². The third-order valence-electron chi connectivity index (χ3n) is 1.64. The number of aliphatic hydroxyl groups is 2. The van der Waals surface area contributed by atoms with Crippen LogP contribution in [0.2, 0.25) is 0 Å². The quantitative estimate of drug-likeness (QED) is 0.554. The zero-order valence-corrected chi connectivity index (χ0v) is 8.66. The van der Waals surface area contributed by atoms with E-state index >= 15 is 0 Å². The summed E-state index contributed by atoms with van der Waals surface area (Å²) in [6, 6.07) is -0.580. The first-order valence-corrected chi connectivity index (χ1v) is 4.42. The molecule has 1 atom stereocenters. The van der Waals surface area contributed by atoms with Crippen LogP contribution >= 0.6 is 0 Å². The van der Waals surface area contributed by atoms with Crippen molar-refractivity contribution in [3.8, 4) is 0 Å². The van der Waals surface area contributed by atoms with Gasteiger partial charge in [-0.2, -0.15) is 0 Å². The molecule has 0 aliphatic rings. The van der Waals surface area contributed by atoms with Gasteiger partial charge in [0.25, 0.3) is 0 Å². The standard InChI is InChI=1S/C9H19NO3/c1-6(2)10-7(5-11)8(12)9(3,4)13/h6-7,10-11,13H,5H2,1-4H3. The summed E-state index contributed by atoms with van der Waals surface area (Å²) in [6.45, 7) is 6.29. The molecule has 4 nitrogen and oxygen atoms in total. The Morgan fingerprint density at radius 2 is 1.92 bits per heavy atom. The van der Waals surface area contributed by atoms with Crippen LogP contribution in [-0.4, -0.2) is 40.3 Å². The maximum absolute atomic E-state index is 11.5. The fourth-order valence-corrected chi connectivity index (χ4v) is 1.04. The highest BCUT2D eigenvalue weighted by Crippen LogP contribution is 2.06. The Bertz CT molecular complexity index is 172. The third-order valence-corrected chi connectivity index (χ3v) is 1.64. The van der Waals surface area contributed by atoms with Gasteiger partial charge >= 0.3 is 0 Å². The van der Waals surface area contributed by atoms with E-state index in [4.69, 9.17) is 5.11 Å². The molecule has 0 aromatic rings. The summed E-state index contributed by atoms with van der Waals surface area (Å²) >= 11 is 0. The summed E-state index contributed by atoms with van der Waals surface area (Å²) in [5.74, 6) is -0.385. The van der Waals surface area contributed by atoms with E-state index in [1.165, 1.54) is 13.8 Å². The summed E-state index contributed by atoms with van der Waals surface area (Å²) in [6.07, 6.45) is 0. The Kier molecular flexibility index (Phi) is 4.53. The lowest BCUT2D eigenvalue weighted by molar-refractivity contribution is -0.137. The number of aliphatic hydroxyl groups excluding tert-OH is 1. The molecule has 0 heterocycles. The second-order valence-corrected chi connectivity index (χ2v) is 3.98. The lowest BCUT2D eigenvalue weighted by Gasteiger charge is -2.24. The Labute approximate surface area is 79.0 Å². The number of carbonyl (C=O) groups excluding carboxylic acids is 1. The topological polar surface area (TPSA) is 69.6 Å². The molecule has 0 spiro atoms. The van der Waals surface area contributed by atoms with E-state index in [9.17, 15) is 9.90 Å². The molecule has 0 rings (SSSR count). The molecule has 0 aromatic carbocycles. The van der Waals surface area contributed by atoms with Crippen LogP contribution in [0, 0.1) is 0 Å². The number of ketones is 1. The van der Waals surface area contributed by atoms with Crippen LogP contribution in [0.25, 0.3) is 0 Å². The van der Waals surface area contributed by atoms with Crippen LogP contribution < -0.4 is 5.32 Å². The highest BCUT2D eigenvalue weighted by Gasteiger charge is 2.31. The Morgan fingerprint density at radius 1 is 1.46 bits per heavy atom. The molecule has 0 amide bonds. The molecule has 0 aliphatic heterocycles. The van der Waals surface area contributed by atoms with E-state index in [1.807, 2.05) is 13.8 Å². The van der Waals surface area contributed by atoms with E-state index in [0.29, 0.717) is 0 Å². The first-order valence-electron chi connectivity index (χ1n) is 4.42. The molecule has 78 valence electrons. The van der Waals surface area contributed by atoms with Crippen molar-refractivity contribution >= 4 is 5.78 Å². The van der Waals surface area contributed by atoms with E-state index in [0.717, 1.165) is 0 Å². The number of hydrogen-bond donors (Lipinski definition) is 3. The number of Topliss-reactive ketones (excluding diaryl/α,β-unsaturated/α-hetero) is 1. The summed E-state index contributed by atoms with van der Waals surface area (Å²) in [7, 11) is 0. The van der Waals surface area contributed by atoms with Crippen LogP contribution in [0.15, 0.2) is 0 Å². The number of hydrogen-bond acceptors (Lipinski definition) is 4. The minimum Gasteiger partial charge on any atom is -0.394 e. The molecular formula is C9H19NO3. The zero-order valence-electron chi connectivity index (χ0n) is 8.66. The first-order chi connectivity index (χ1) is 5.79. The van der Waals surface area contributed by atoms with Gasteiger partial charge in [-0.05, 0) is 13.8 Å². The minimum atomic E-state index is -1.39. The fraction of sp³-hybridized carbons (Fsp3) is 0.889. The average Bonchev–Trinajstić information content (AvgIpc) is 1.96. The molecule has 0 radical (unpaired) electrons. The van der Waals surface area contributed by atoms with Gasteiger partial charge in [0.05, 0.1) is 12.6 Å². The Morgan fingerprint density at radius 3 is 2.15 bits per heavy atom. The maximum atomic E-state index is 11.5. The average molecular weight is 189 g/mol. The van der Waals surface area contributed by atoms with Gasteiger partial charge < -0.3 is 15.5 Å². The van der Waals surface area contributed by atoms with E-state index in [2.05, 4.69) is 5.32 Å². The van der Waals surface area contributed by atoms with Crippen LogP contribution in [0.5, 0.6) is 0 Å². The van der Waals surface area contributed by atoms with Crippen molar-refractivity contribution < 1.29 is 15.0 Å². The molecule has 13 heavy (non-hydrogen) atoms. The van der Waals surface area contributed by atoms with Gasteiger partial charge in [0.1, 0.15) is 5.60 Å². The lowest BCUT2D eigenvalue weighted by Crippen LogP contribution is -2.51. The molecule has 0 saturated carbocycles. The van der Waals surface area contributed by atoms with Gasteiger partial charge in [-0.25, -0.2) is 0 Å². The number of nitrogens with one attached hydrogen (secondary N) is 1. The Hall–Kier alpha value is -0.450. The van der Waals surface area contributed by atoms with Crippen molar-refractivity contribution in [1.82, 2.24) is 5.32 Å². The highest BCUT2D eigenvalue weighted by molar-refractivity contribution is 5.91. The third kappa shape index (κ3) is 4.36. The first kappa shape index (κ1) is 12.6. The molecule has 4 heteroatoms. The molecule has 0 fully saturated rings. The minimum absolute atomic E-state index is 0.100. The molecular weight excluding hydrogens is 170 g/mol. The largest absolute Gasteiger partial charge is 0.394 e. The van der Waals surface area contributed by atoms with Gasteiger partial charge in [0, 0.05) is 6.04 Å². The van der Waals surface area contributed by atoms with Gasteiger partial charge in [-0.3, -0.25) is 4.79 Å². The van der Waals surface area contributed by atoms with Crippen molar-refractivity contribution in [3.05, 3.63) is 0 Å². The second kappa shape index (κ2) is 4.69. The number of carbonyl (C=O) groups is 1. The maximum Gasteiger partial charge on any atom is 0.182 e. The molecule has 0 aliphatic carbocycles. The zero-order chi connectivity index (χ0) is 10.6. The van der Waals surface area contributed by atoms with E-state index in [1.54, 1.807) is 0 Å². The normalized spacial score (nSPS) is 14.7. The van der Waals surface area contributed by atoms with Gasteiger partial charge in [-0.1, -0.05) is 13.8 Å². The summed E-state index contributed by atoms with van der Waals surface area (Å²) < 4.78 is 0. The molecule has 0 saturated heterocycles. The van der Waals surface area contributed by atoms with Crippen LogP contribution in [0.1, 0.15) is 27.7 Å². The van der Waals surface area contributed by atoms with Gasteiger partial charge in [0.15, 0.2) is 5.78 Å².